The van der Waals surface area contributed by atoms with Gasteiger partial charge in [0.1, 0.15) is 0 Å². The number of allylic oxidation sites excluding steroid dienone is 1. The van der Waals surface area contributed by atoms with Crippen LogP contribution in [0.2, 0.25) is 0 Å². The zero-order valence-corrected chi connectivity index (χ0v) is 26.9. The van der Waals surface area contributed by atoms with Crippen molar-refractivity contribution in [1.29, 1.82) is 0 Å². The van der Waals surface area contributed by atoms with E-state index in [2.05, 4.69) is 19.9 Å². The topological polar surface area (TPSA) is 66.5 Å². The molecule has 0 aromatic heterocycles. The van der Waals surface area contributed by atoms with E-state index in [-0.39, 0.29) is 0 Å². The zero-order valence-electron chi connectivity index (χ0n) is 26.9. The lowest BCUT2D eigenvalue weighted by atomic mass is 9.98. The van der Waals surface area contributed by atoms with Gasteiger partial charge in [0.25, 0.3) is 0 Å². The molecule has 0 bridgehead atoms. The molecule has 0 radical (unpaired) electrons. The van der Waals surface area contributed by atoms with Crippen LogP contribution in [-0.2, 0) is 0 Å². The van der Waals surface area contributed by atoms with Gasteiger partial charge in [-0.25, -0.2) is 0 Å². The first-order chi connectivity index (χ1) is 19.1. The molecule has 0 spiro atoms. The smallest absolute Gasteiger partial charge is 0.0897 e. The average Bonchev–Trinajstić information content (AvgIpc) is 2.94. The summed E-state index contributed by atoms with van der Waals surface area (Å²) in [6.45, 7) is 4.56. The van der Waals surface area contributed by atoms with Gasteiger partial charge in [-0.05, 0) is 19.3 Å². The molecular formula is C36H73NO2. The van der Waals surface area contributed by atoms with Crippen molar-refractivity contribution in [2.45, 2.75) is 218 Å². The van der Waals surface area contributed by atoms with E-state index < -0.39 is 18.2 Å². The van der Waals surface area contributed by atoms with Gasteiger partial charge in [0.05, 0.1) is 18.2 Å². The minimum atomic E-state index is -0.742. The minimum absolute atomic E-state index is 0.574. The van der Waals surface area contributed by atoms with Gasteiger partial charge in [-0.15, -0.1) is 0 Å². The van der Waals surface area contributed by atoms with Gasteiger partial charge in [-0.2, -0.15) is 0 Å². The van der Waals surface area contributed by atoms with E-state index in [4.69, 9.17) is 5.73 Å². The molecule has 0 saturated carbocycles. The Balaban J connectivity index is 3.47. The summed E-state index contributed by atoms with van der Waals surface area (Å²) in [5.41, 5.74) is 6.12. The number of unbranched alkanes of at least 4 members (excludes halogenated alkanes) is 26. The van der Waals surface area contributed by atoms with E-state index in [1.165, 1.54) is 161 Å². The van der Waals surface area contributed by atoms with E-state index in [1.807, 2.05) is 0 Å². The lowest BCUT2D eigenvalue weighted by molar-refractivity contribution is 0.0710. The molecule has 3 heteroatoms. The standard InChI is InChI=1S/C36H73NO2/c1-3-5-7-9-11-13-15-17-18-19-21-23-25-27-29-31-33-35(39)36(37)34(38)32-30-28-26-24-22-20-16-14-12-10-8-6-4-2/h30,32,34-36,38-39H,3-29,31,33,37H2,1-2H3/b32-30+/t34-,35?,36-/m1/s1. The monoisotopic (exact) mass is 552 g/mol. The molecule has 0 heterocycles. The van der Waals surface area contributed by atoms with Gasteiger partial charge in [0.2, 0.25) is 0 Å². The van der Waals surface area contributed by atoms with Gasteiger partial charge >= 0.3 is 0 Å². The van der Waals surface area contributed by atoms with E-state index >= 15 is 0 Å². The SMILES string of the molecule is CCCCCCCCCCCCC/C=C/[C@@H](O)[C@@H](N)C(O)CCCCCCCCCCCCCCCCCC. The van der Waals surface area contributed by atoms with E-state index in [0.29, 0.717) is 6.42 Å². The van der Waals surface area contributed by atoms with Crippen LogP contribution in [0.25, 0.3) is 0 Å². The first kappa shape index (κ1) is 38.6. The number of hydrogen-bond donors (Lipinski definition) is 3. The van der Waals surface area contributed by atoms with Gasteiger partial charge in [0, 0.05) is 0 Å². The molecule has 39 heavy (non-hydrogen) atoms. The van der Waals surface area contributed by atoms with Crippen LogP contribution in [-0.4, -0.2) is 28.5 Å². The molecular weight excluding hydrogens is 478 g/mol. The lowest BCUT2D eigenvalue weighted by Crippen LogP contribution is -2.43. The Morgan fingerprint density at radius 2 is 0.769 bits per heavy atom. The highest BCUT2D eigenvalue weighted by molar-refractivity contribution is 4.96. The van der Waals surface area contributed by atoms with Crippen LogP contribution >= 0.6 is 0 Å². The van der Waals surface area contributed by atoms with Crippen LogP contribution in [0.4, 0.5) is 0 Å². The van der Waals surface area contributed by atoms with Crippen molar-refractivity contribution < 1.29 is 10.2 Å². The Bertz CT molecular complexity index is 481. The first-order valence-corrected chi connectivity index (χ1v) is 17.9. The summed E-state index contributed by atoms with van der Waals surface area (Å²) >= 11 is 0. The first-order valence-electron chi connectivity index (χ1n) is 17.9. The summed E-state index contributed by atoms with van der Waals surface area (Å²) in [5, 5.41) is 20.7. The predicted molar refractivity (Wildman–Crippen MR) is 174 cm³/mol. The minimum Gasteiger partial charge on any atom is -0.391 e. The molecule has 0 amide bonds. The molecule has 0 rings (SSSR count). The molecule has 0 aliphatic heterocycles. The number of rotatable bonds is 32. The Kier molecular flexibility index (Phi) is 31.8. The second-order valence-corrected chi connectivity index (χ2v) is 12.5. The molecule has 234 valence electrons. The van der Waals surface area contributed by atoms with E-state index in [1.54, 1.807) is 6.08 Å². The quantitative estimate of drug-likeness (QED) is 0.0575. The summed E-state index contributed by atoms with van der Waals surface area (Å²) in [6, 6.07) is -0.574. The van der Waals surface area contributed by atoms with Crippen molar-refractivity contribution in [3.05, 3.63) is 12.2 Å². The molecule has 0 aliphatic carbocycles. The number of aliphatic hydroxyl groups excluding tert-OH is 2. The van der Waals surface area contributed by atoms with Crippen molar-refractivity contribution in [1.82, 2.24) is 0 Å². The van der Waals surface area contributed by atoms with Crippen LogP contribution < -0.4 is 5.73 Å². The van der Waals surface area contributed by atoms with Crippen LogP contribution in [0.1, 0.15) is 200 Å². The second-order valence-electron chi connectivity index (χ2n) is 12.5. The molecule has 3 atom stereocenters. The summed E-state index contributed by atoms with van der Waals surface area (Å²) in [5.74, 6) is 0. The predicted octanol–water partition coefficient (Wildman–Crippen LogP) is 10.9. The van der Waals surface area contributed by atoms with Crippen LogP contribution in [0.3, 0.4) is 0 Å². The molecule has 3 nitrogen and oxygen atoms in total. The second kappa shape index (κ2) is 32.1. The summed E-state index contributed by atoms with van der Waals surface area (Å²) < 4.78 is 0. The maximum absolute atomic E-state index is 10.4. The highest BCUT2D eigenvalue weighted by Gasteiger charge is 2.20. The highest BCUT2D eigenvalue weighted by Crippen LogP contribution is 2.16. The van der Waals surface area contributed by atoms with Crippen molar-refractivity contribution in [3.63, 3.8) is 0 Å². The molecule has 0 aromatic carbocycles. The summed E-state index contributed by atoms with van der Waals surface area (Å²) in [4.78, 5) is 0. The maximum Gasteiger partial charge on any atom is 0.0897 e. The van der Waals surface area contributed by atoms with Gasteiger partial charge < -0.3 is 15.9 Å². The molecule has 0 saturated heterocycles. The van der Waals surface area contributed by atoms with Gasteiger partial charge in [0.15, 0.2) is 0 Å². The van der Waals surface area contributed by atoms with Crippen molar-refractivity contribution >= 4 is 0 Å². The third-order valence-corrected chi connectivity index (χ3v) is 8.50. The Hall–Kier alpha value is -0.380. The molecule has 1 unspecified atom stereocenters. The average molecular weight is 552 g/mol. The third-order valence-electron chi connectivity index (χ3n) is 8.50. The van der Waals surface area contributed by atoms with Crippen LogP contribution in [0.15, 0.2) is 12.2 Å². The molecule has 0 aliphatic rings. The Morgan fingerprint density at radius 3 is 1.13 bits per heavy atom. The fourth-order valence-corrected chi connectivity index (χ4v) is 5.61. The lowest BCUT2D eigenvalue weighted by Gasteiger charge is -2.22. The van der Waals surface area contributed by atoms with Gasteiger partial charge in [-0.1, -0.05) is 193 Å². The van der Waals surface area contributed by atoms with Crippen molar-refractivity contribution in [2.24, 2.45) is 5.73 Å². The number of hydrogen-bond acceptors (Lipinski definition) is 3. The normalized spacial score (nSPS) is 14.3. The maximum atomic E-state index is 10.4. The fourth-order valence-electron chi connectivity index (χ4n) is 5.61. The molecule has 4 N–H and O–H groups in total. The van der Waals surface area contributed by atoms with Crippen LogP contribution in [0.5, 0.6) is 0 Å². The van der Waals surface area contributed by atoms with Crippen molar-refractivity contribution in [2.75, 3.05) is 0 Å². The summed E-state index contributed by atoms with van der Waals surface area (Å²) in [7, 11) is 0. The molecule has 0 aromatic rings. The van der Waals surface area contributed by atoms with Gasteiger partial charge in [-0.3, -0.25) is 0 Å². The van der Waals surface area contributed by atoms with Crippen molar-refractivity contribution in [3.8, 4) is 0 Å². The third kappa shape index (κ3) is 28.9. The number of aliphatic hydroxyl groups is 2. The Morgan fingerprint density at radius 1 is 0.462 bits per heavy atom. The van der Waals surface area contributed by atoms with Crippen LogP contribution in [0, 0.1) is 0 Å². The molecule has 0 fully saturated rings. The largest absolute Gasteiger partial charge is 0.391 e. The highest BCUT2D eigenvalue weighted by atomic mass is 16.3. The fraction of sp³-hybridized carbons (Fsp3) is 0.944. The number of nitrogens with two attached hydrogens (primary N) is 1. The van der Waals surface area contributed by atoms with E-state index in [9.17, 15) is 10.2 Å². The zero-order chi connectivity index (χ0) is 28.7. The van der Waals surface area contributed by atoms with E-state index in [0.717, 1.165) is 19.3 Å². The summed E-state index contributed by atoms with van der Waals surface area (Å²) in [6.07, 6.45) is 40.7. The Labute approximate surface area is 246 Å².